The minimum atomic E-state index is -0.576. The number of phenols is 2. The van der Waals surface area contributed by atoms with Crippen LogP contribution in [0.25, 0.3) is 0 Å². The third-order valence-corrected chi connectivity index (χ3v) is 3.46. The Hall–Kier alpha value is -1.34. The fourth-order valence-corrected chi connectivity index (χ4v) is 1.76. The molecule has 0 atom stereocenters. The number of benzene rings is 2. The van der Waals surface area contributed by atoms with Crippen LogP contribution < -0.4 is 4.74 Å². The summed E-state index contributed by atoms with van der Waals surface area (Å²) in [5.74, 6) is -1.44. The molecule has 108 valence electrons. The maximum Gasteiger partial charge on any atom is 0.197 e. The van der Waals surface area contributed by atoms with Crippen molar-refractivity contribution < 1.29 is 23.7 Å². The molecule has 7 heteroatoms. The van der Waals surface area contributed by atoms with Crippen LogP contribution in [0.1, 0.15) is 0 Å². The zero-order chi connectivity index (χ0) is 15.3. The van der Waals surface area contributed by atoms with E-state index < -0.39 is 11.6 Å². The van der Waals surface area contributed by atoms with Crippen LogP contribution in [0.3, 0.4) is 0 Å². The highest BCUT2D eigenvalue weighted by atomic mass is 79.9. The number of methoxy groups -OCH3 is 1. The maximum absolute atomic E-state index is 12.7. The third kappa shape index (κ3) is 4.35. The van der Waals surface area contributed by atoms with Gasteiger partial charge in [0.15, 0.2) is 17.3 Å². The zero-order valence-corrected chi connectivity index (χ0v) is 13.4. The molecule has 0 aliphatic rings. The molecule has 0 radical (unpaired) electrons. The molecule has 0 spiro atoms. The molecule has 0 heterocycles. The summed E-state index contributed by atoms with van der Waals surface area (Å²) < 4.78 is 30.4. The molecule has 0 aliphatic carbocycles. The molecule has 20 heavy (non-hydrogen) atoms. The molecule has 2 aromatic carbocycles. The SMILES string of the molecule is COc1c(F)ccc(Br)c1O.Oc1cc(F)ccc1Br. The highest BCUT2D eigenvalue weighted by Gasteiger charge is 2.10. The molecule has 0 saturated carbocycles. The van der Waals surface area contributed by atoms with E-state index in [9.17, 15) is 8.78 Å². The summed E-state index contributed by atoms with van der Waals surface area (Å²) in [6.07, 6.45) is 0. The lowest BCUT2D eigenvalue weighted by Gasteiger charge is -2.04. The first-order valence-corrected chi connectivity index (χ1v) is 6.80. The van der Waals surface area contributed by atoms with Crippen molar-refractivity contribution in [3.05, 3.63) is 50.9 Å². The number of ether oxygens (including phenoxy) is 1. The van der Waals surface area contributed by atoms with Crippen LogP contribution in [0.15, 0.2) is 39.3 Å². The molecule has 2 aromatic rings. The molecule has 0 saturated heterocycles. The van der Waals surface area contributed by atoms with E-state index in [2.05, 4.69) is 36.6 Å². The summed E-state index contributed by atoms with van der Waals surface area (Å²) in [7, 11) is 1.30. The summed E-state index contributed by atoms with van der Waals surface area (Å²) >= 11 is 6.04. The van der Waals surface area contributed by atoms with Gasteiger partial charge < -0.3 is 14.9 Å². The van der Waals surface area contributed by atoms with Crippen molar-refractivity contribution in [1.29, 1.82) is 0 Å². The summed E-state index contributed by atoms with van der Waals surface area (Å²) in [6, 6.07) is 6.38. The van der Waals surface area contributed by atoms with Crippen LogP contribution in [0.2, 0.25) is 0 Å². The zero-order valence-electron chi connectivity index (χ0n) is 10.2. The van der Waals surface area contributed by atoms with Gasteiger partial charge in [0.1, 0.15) is 11.6 Å². The van der Waals surface area contributed by atoms with E-state index in [4.69, 9.17) is 10.2 Å². The van der Waals surface area contributed by atoms with Crippen LogP contribution in [-0.2, 0) is 0 Å². The van der Waals surface area contributed by atoms with E-state index in [-0.39, 0.29) is 17.2 Å². The lowest BCUT2D eigenvalue weighted by atomic mass is 10.3. The van der Waals surface area contributed by atoms with Gasteiger partial charge in [-0.1, -0.05) is 0 Å². The largest absolute Gasteiger partial charge is 0.507 e. The minimum absolute atomic E-state index is 0.0741. The van der Waals surface area contributed by atoms with Crippen molar-refractivity contribution >= 4 is 31.9 Å². The van der Waals surface area contributed by atoms with Crippen molar-refractivity contribution in [2.75, 3.05) is 7.11 Å². The van der Waals surface area contributed by atoms with E-state index in [1.807, 2.05) is 0 Å². The van der Waals surface area contributed by atoms with Gasteiger partial charge in [0.25, 0.3) is 0 Å². The second kappa shape index (κ2) is 7.44. The van der Waals surface area contributed by atoms with Gasteiger partial charge >= 0.3 is 0 Å². The Labute approximate surface area is 131 Å². The van der Waals surface area contributed by atoms with Crippen molar-refractivity contribution in [2.45, 2.75) is 0 Å². The van der Waals surface area contributed by atoms with E-state index in [0.29, 0.717) is 8.95 Å². The molecular weight excluding hydrogens is 402 g/mol. The van der Waals surface area contributed by atoms with Crippen LogP contribution in [-0.4, -0.2) is 17.3 Å². The Morgan fingerprint density at radius 3 is 2.05 bits per heavy atom. The van der Waals surface area contributed by atoms with E-state index in [1.54, 1.807) is 0 Å². The van der Waals surface area contributed by atoms with Crippen molar-refractivity contribution in [1.82, 2.24) is 0 Å². The second-order valence-corrected chi connectivity index (χ2v) is 5.22. The van der Waals surface area contributed by atoms with Crippen LogP contribution in [0.5, 0.6) is 17.2 Å². The average molecular weight is 412 g/mol. The summed E-state index contributed by atoms with van der Waals surface area (Å²) in [4.78, 5) is 0. The molecular formula is C13H10Br2F2O3. The van der Waals surface area contributed by atoms with Gasteiger partial charge in [-0.15, -0.1) is 0 Å². The Morgan fingerprint density at radius 2 is 1.60 bits per heavy atom. The molecule has 0 fully saturated rings. The molecule has 0 amide bonds. The summed E-state index contributed by atoms with van der Waals surface area (Å²) in [6.45, 7) is 0. The van der Waals surface area contributed by atoms with E-state index in [0.717, 1.165) is 6.07 Å². The quantitative estimate of drug-likeness (QED) is 0.721. The number of hydrogen-bond donors (Lipinski definition) is 2. The number of aromatic hydroxyl groups is 2. The topological polar surface area (TPSA) is 49.7 Å². The first-order valence-electron chi connectivity index (χ1n) is 5.21. The fraction of sp³-hybridized carbons (Fsp3) is 0.0769. The highest BCUT2D eigenvalue weighted by Crippen LogP contribution is 2.35. The molecule has 2 N–H and O–H groups in total. The Bertz CT molecular complexity index is 606. The Morgan fingerprint density at radius 1 is 1.00 bits per heavy atom. The van der Waals surface area contributed by atoms with Gasteiger partial charge in [-0.25, -0.2) is 8.78 Å². The summed E-state index contributed by atoms with van der Waals surface area (Å²) in [5, 5.41) is 18.0. The van der Waals surface area contributed by atoms with Gasteiger partial charge in [-0.2, -0.15) is 0 Å². The van der Waals surface area contributed by atoms with Crippen LogP contribution in [0.4, 0.5) is 8.78 Å². The van der Waals surface area contributed by atoms with Gasteiger partial charge in [-0.3, -0.25) is 0 Å². The number of halogens is 4. The predicted octanol–water partition coefficient (Wildman–Crippen LogP) is 4.60. The van der Waals surface area contributed by atoms with Gasteiger partial charge in [0, 0.05) is 6.07 Å². The third-order valence-electron chi connectivity index (χ3n) is 2.15. The Balaban J connectivity index is 0.000000204. The molecule has 0 aliphatic heterocycles. The molecule has 2 rings (SSSR count). The molecule has 3 nitrogen and oxygen atoms in total. The standard InChI is InChI=1S/C7H6BrFO2.C6H4BrFO/c1-11-7-5(9)3-2-4(8)6(7)10;7-5-2-1-4(8)3-6(5)9/h2-3,10H,1H3;1-3,9H. The number of rotatable bonds is 1. The number of phenolic OH excluding ortho intramolecular Hbond substituents is 2. The monoisotopic (exact) mass is 410 g/mol. The van der Waals surface area contributed by atoms with Crippen molar-refractivity contribution in [3.63, 3.8) is 0 Å². The number of hydrogen-bond acceptors (Lipinski definition) is 3. The second-order valence-electron chi connectivity index (χ2n) is 3.51. The highest BCUT2D eigenvalue weighted by molar-refractivity contribution is 9.10. The van der Waals surface area contributed by atoms with Crippen LogP contribution >= 0.6 is 31.9 Å². The van der Waals surface area contributed by atoms with Gasteiger partial charge in [0.2, 0.25) is 0 Å². The van der Waals surface area contributed by atoms with Crippen molar-refractivity contribution in [3.8, 4) is 17.2 Å². The molecule has 0 bridgehead atoms. The smallest absolute Gasteiger partial charge is 0.197 e. The maximum atomic E-state index is 12.7. The molecule has 0 unspecified atom stereocenters. The molecule has 0 aromatic heterocycles. The predicted molar refractivity (Wildman–Crippen MR) is 78.1 cm³/mol. The summed E-state index contributed by atoms with van der Waals surface area (Å²) in [5.41, 5.74) is 0. The Kier molecular flexibility index (Phi) is 6.22. The normalized spacial score (nSPS) is 9.65. The van der Waals surface area contributed by atoms with E-state index in [1.165, 1.54) is 31.4 Å². The first-order chi connectivity index (χ1) is 9.36. The lowest BCUT2D eigenvalue weighted by molar-refractivity contribution is 0.350. The van der Waals surface area contributed by atoms with Gasteiger partial charge in [0.05, 0.1) is 16.1 Å². The van der Waals surface area contributed by atoms with Crippen LogP contribution in [0, 0.1) is 11.6 Å². The minimum Gasteiger partial charge on any atom is -0.507 e. The van der Waals surface area contributed by atoms with E-state index >= 15 is 0 Å². The van der Waals surface area contributed by atoms with Crippen molar-refractivity contribution in [2.24, 2.45) is 0 Å². The van der Waals surface area contributed by atoms with Gasteiger partial charge in [-0.05, 0) is 56.1 Å². The lowest BCUT2D eigenvalue weighted by Crippen LogP contribution is -1.88. The first kappa shape index (κ1) is 16.7. The average Bonchev–Trinajstić information content (AvgIpc) is 2.40. The fourth-order valence-electron chi connectivity index (χ4n) is 1.20.